The normalized spacial score (nSPS) is 13.5. The van der Waals surface area contributed by atoms with E-state index in [9.17, 15) is 0 Å². The molecule has 0 radical (unpaired) electrons. The van der Waals surface area contributed by atoms with E-state index in [1.807, 2.05) is 36.9 Å². The minimum Gasteiger partial charge on any atom is -0.478 e. The first-order chi connectivity index (χ1) is 13.5. The molecule has 1 aliphatic heterocycles. The Labute approximate surface area is 169 Å². The van der Waals surface area contributed by atoms with Crippen LogP contribution in [-0.4, -0.2) is 42.0 Å². The number of ether oxygens (including phenoxy) is 1. The molecule has 2 aromatic heterocycles. The topological polar surface area (TPSA) is 46.4 Å². The lowest BCUT2D eigenvalue weighted by Crippen LogP contribution is -2.25. The maximum atomic E-state index is 6.17. The van der Waals surface area contributed by atoms with Crippen molar-refractivity contribution in [2.24, 2.45) is 7.05 Å². The first kappa shape index (κ1) is 20.5. The molecular weight excluding hydrogens is 350 g/mol. The molecule has 0 aliphatic carbocycles. The van der Waals surface area contributed by atoms with Crippen LogP contribution in [0.15, 0.2) is 12.3 Å². The van der Waals surface area contributed by atoms with Crippen molar-refractivity contribution in [3.63, 3.8) is 0 Å². The molecule has 0 spiro atoms. The minimum atomic E-state index is 0.772. The predicted molar refractivity (Wildman–Crippen MR) is 116 cm³/mol. The number of pyridine rings is 1. The van der Waals surface area contributed by atoms with Crippen LogP contribution in [0.5, 0.6) is 5.88 Å². The molecule has 0 atom stereocenters. The number of hydrogen-bond donors (Lipinski definition) is 0. The summed E-state index contributed by atoms with van der Waals surface area (Å²) in [5.74, 6) is 2.94. The molecule has 28 heavy (non-hydrogen) atoms. The molecule has 0 N–H and O–H groups in total. The maximum Gasteiger partial charge on any atom is 0.217 e. The van der Waals surface area contributed by atoms with Crippen LogP contribution in [0, 0.1) is 6.92 Å². The summed E-state index contributed by atoms with van der Waals surface area (Å²) in [5.41, 5.74) is 3.59. The van der Waals surface area contributed by atoms with Gasteiger partial charge in [-0.2, -0.15) is 5.10 Å². The number of hydrogen-bond acceptors (Lipinski definition) is 5. The van der Waals surface area contributed by atoms with E-state index in [4.69, 9.17) is 9.84 Å². The zero-order chi connectivity index (χ0) is 20.1. The fraction of sp³-hybridized carbons (Fsp3) is 0.636. The van der Waals surface area contributed by atoms with Gasteiger partial charge in [0, 0.05) is 27.7 Å². The Hall–Kier alpha value is -2.24. The highest BCUT2D eigenvalue weighted by molar-refractivity contribution is 5.69. The molecule has 0 saturated carbocycles. The molecular formula is C22H35N5O. The molecule has 1 aliphatic rings. The number of aromatic nitrogens is 3. The molecule has 0 unspecified atom stereocenters. The smallest absolute Gasteiger partial charge is 0.217 e. The van der Waals surface area contributed by atoms with Crippen molar-refractivity contribution in [1.82, 2.24) is 14.8 Å². The Bertz CT molecular complexity index is 783. The number of fused-ring (bicyclic) bond motifs is 1. The fourth-order valence-electron chi connectivity index (χ4n) is 3.84. The molecule has 154 valence electrons. The second-order valence-corrected chi connectivity index (χ2v) is 7.97. The van der Waals surface area contributed by atoms with Crippen molar-refractivity contribution in [1.29, 1.82) is 0 Å². The highest BCUT2D eigenvalue weighted by Gasteiger charge is 2.28. The molecule has 0 amide bonds. The summed E-state index contributed by atoms with van der Waals surface area (Å²) in [6.45, 7) is 6.13. The number of rotatable bonds is 9. The van der Waals surface area contributed by atoms with Crippen molar-refractivity contribution >= 4 is 17.3 Å². The lowest BCUT2D eigenvalue weighted by Gasteiger charge is -2.29. The van der Waals surface area contributed by atoms with E-state index in [0.29, 0.717) is 0 Å². The first-order valence-corrected chi connectivity index (χ1v) is 10.6. The predicted octanol–water partition coefficient (Wildman–Crippen LogP) is 4.62. The van der Waals surface area contributed by atoms with Crippen LogP contribution in [0.1, 0.15) is 56.6 Å². The Morgan fingerprint density at radius 1 is 1.18 bits per heavy atom. The largest absolute Gasteiger partial charge is 0.478 e. The average molecular weight is 386 g/mol. The number of aryl methyl sites for hydroxylation is 2. The molecule has 0 bridgehead atoms. The molecule has 6 heteroatoms. The lowest BCUT2D eigenvalue weighted by atomic mass is 10.1. The molecule has 0 aromatic carbocycles. The Morgan fingerprint density at radius 2 is 1.96 bits per heavy atom. The molecule has 6 nitrogen and oxygen atoms in total. The van der Waals surface area contributed by atoms with Crippen molar-refractivity contribution in [3.05, 3.63) is 23.4 Å². The quantitative estimate of drug-likeness (QED) is 0.589. The number of anilines is 3. The first-order valence-electron chi connectivity index (χ1n) is 10.6. The van der Waals surface area contributed by atoms with Gasteiger partial charge in [-0.1, -0.05) is 32.6 Å². The average Bonchev–Trinajstić information content (AvgIpc) is 3.00. The molecule has 0 saturated heterocycles. The Kier molecular flexibility index (Phi) is 6.81. The van der Waals surface area contributed by atoms with Gasteiger partial charge in [0.1, 0.15) is 5.82 Å². The van der Waals surface area contributed by atoms with E-state index >= 15 is 0 Å². The van der Waals surface area contributed by atoms with Gasteiger partial charge in [-0.05, 0) is 37.8 Å². The van der Waals surface area contributed by atoms with E-state index in [-0.39, 0.29) is 0 Å². The molecule has 3 heterocycles. The van der Waals surface area contributed by atoms with Crippen molar-refractivity contribution in [2.45, 2.75) is 58.8 Å². The van der Waals surface area contributed by atoms with Crippen LogP contribution in [-0.2, 0) is 13.5 Å². The summed E-state index contributed by atoms with van der Waals surface area (Å²) in [7, 11) is 6.03. The monoisotopic (exact) mass is 385 g/mol. The van der Waals surface area contributed by atoms with Crippen LogP contribution < -0.4 is 14.5 Å². The highest BCUT2D eigenvalue weighted by atomic mass is 16.5. The summed E-state index contributed by atoms with van der Waals surface area (Å²) in [6, 6.07) is 2.14. The van der Waals surface area contributed by atoms with Gasteiger partial charge in [0.15, 0.2) is 5.82 Å². The van der Waals surface area contributed by atoms with Crippen molar-refractivity contribution in [2.75, 3.05) is 37.0 Å². The van der Waals surface area contributed by atoms with Gasteiger partial charge in [-0.15, -0.1) is 0 Å². The van der Waals surface area contributed by atoms with E-state index in [2.05, 4.69) is 29.8 Å². The summed E-state index contributed by atoms with van der Waals surface area (Å²) >= 11 is 0. The fourth-order valence-corrected chi connectivity index (χ4v) is 3.84. The van der Waals surface area contributed by atoms with Crippen molar-refractivity contribution < 1.29 is 4.74 Å². The zero-order valence-corrected chi connectivity index (χ0v) is 18.2. The van der Waals surface area contributed by atoms with E-state index < -0.39 is 0 Å². The second-order valence-electron chi connectivity index (χ2n) is 7.97. The van der Waals surface area contributed by atoms with Crippen molar-refractivity contribution in [3.8, 4) is 5.88 Å². The summed E-state index contributed by atoms with van der Waals surface area (Å²) in [6.07, 6.45) is 10.3. The van der Waals surface area contributed by atoms with E-state index in [0.717, 1.165) is 55.6 Å². The second kappa shape index (κ2) is 9.30. The van der Waals surface area contributed by atoms with Gasteiger partial charge >= 0.3 is 0 Å². The van der Waals surface area contributed by atoms with Gasteiger partial charge < -0.3 is 14.5 Å². The zero-order valence-electron chi connectivity index (χ0n) is 18.2. The van der Waals surface area contributed by atoms with E-state index in [1.54, 1.807) is 0 Å². The summed E-state index contributed by atoms with van der Waals surface area (Å²) < 4.78 is 8.08. The molecule has 0 fully saturated rings. The minimum absolute atomic E-state index is 0.772. The van der Waals surface area contributed by atoms with Gasteiger partial charge in [-0.3, -0.25) is 0 Å². The third-order valence-corrected chi connectivity index (χ3v) is 5.44. The number of nitrogens with zero attached hydrogens (tertiary/aromatic N) is 5. The lowest BCUT2D eigenvalue weighted by molar-refractivity contribution is 0.276. The summed E-state index contributed by atoms with van der Waals surface area (Å²) in [4.78, 5) is 8.95. The standard InChI is InChI=1S/C22H35N5O/c1-6-7-8-9-10-14-28-22-18-12-11-13-27(21(18)24-26(22)5)19-16-23-20(25(3)4)15-17(19)2/h15-16H,6-14H2,1-5H3. The van der Waals surface area contributed by atoms with E-state index in [1.165, 1.54) is 36.8 Å². The van der Waals surface area contributed by atoms with Gasteiger partial charge in [0.25, 0.3) is 0 Å². The van der Waals surface area contributed by atoms with Crippen LogP contribution in [0.25, 0.3) is 0 Å². The van der Waals surface area contributed by atoms with Crippen LogP contribution in [0.2, 0.25) is 0 Å². The number of unbranched alkanes of at least 4 members (excludes halogenated alkanes) is 4. The Morgan fingerprint density at radius 3 is 2.68 bits per heavy atom. The van der Waals surface area contributed by atoms with Crippen LogP contribution in [0.3, 0.4) is 0 Å². The SMILES string of the molecule is CCCCCCCOc1c2c(nn1C)N(c1cnc(N(C)C)cc1C)CCC2. The maximum absolute atomic E-state index is 6.17. The van der Waals surface area contributed by atoms with Crippen LogP contribution >= 0.6 is 0 Å². The van der Waals surface area contributed by atoms with Gasteiger partial charge in [0.05, 0.1) is 24.1 Å². The Balaban J connectivity index is 1.76. The van der Waals surface area contributed by atoms with Crippen LogP contribution in [0.4, 0.5) is 17.3 Å². The van der Waals surface area contributed by atoms with Gasteiger partial charge in [-0.25, -0.2) is 9.67 Å². The molecule has 3 rings (SSSR count). The third kappa shape index (κ3) is 4.42. The summed E-state index contributed by atoms with van der Waals surface area (Å²) in [5, 5.41) is 4.82. The van der Waals surface area contributed by atoms with Gasteiger partial charge in [0.2, 0.25) is 5.88 Å². The third-order valence-electron chi connectivity index (χ3n) is 5.44. The highest BCUT2D eigenvalue weighted by Crippen LogP contribution is 2.39. The molecule has 2 aromatic rings.